The zero-order valence-electron chi connectivity index (χ0n) is 14.7. The zero-order valence-corrected chi connectivity index (χ0v) is 14.7. The molecule has 26 heavy (non-hydrogen) atoms. The minimum atomic E-state index is -1.17. The normalized spacial score (nSPS) is 11.5. The summed E-state index contributed by atoms with van der Waals surface area (Å²) in [6, 6.07) is 8.85. The summed E-state index contributed by atoms with van der Waals surface area (Å²) in [5.41, 5.74) is 0.557. The van der Waals surface area contributed by atoms with E-state index in [-0.39, 0.29) is 40.9 Å². The zero-order chi connectivity index (χ0) is 19.3. The number of anilines is 1. The van der Waals surface area contributed by atoms with E-state index in [0.717, 1.165) is 0 Å². The van der Waals surface area contributed by atoms with Crippen molar-refractivity contribution in [2.24, 2.45) is 0 Å². The van der Waals surface area contributed by atoms with Crippen molar-refractivity contribution in [2.75, 3.05) is 19.5 Å². The van der Waals surface area contributed by atoms with Crippen molar-refractivity contribution in [3.8, 4) is 11.5 Å². The average molecular weight is 361 g/mol. The molecule has 2 aromatic rings. The van der Waals surface area contributed by atoms with Crippen LogP contribution in [0.15, 0.2) is 36.4 Å². The SMILES string of the molecule is COc1cc(C(=O)O)cc(NC(=O)CC(C)c2ccccc2F)c1OC. The van der Waals surface area contributed by atoms with E-state index in [1.54, 1.807) is 25.1 Å². The van der Waals surface area contributed by atoms with E-state index in [0.29, 0.717) is 5.56 Å². The number of carboxylic acids is 1. The van der Waals surface area contributed by atoms with Crippen molar-refractivity contribution >= 4 is 17.6 Å². The van der Waals surface area contributed by atoms with Crippen LogP contribution in [-0.2, 0) is 4.79 Å². The highest BCUT2D eigenvalue weighted by Crippen LogP contribution is 2.37. The fourth-order valence-electron chi connectivity index (χ4n) is 2.64. The van der Waals surface area contributed by atoms with Gasteiger partial charge in [-0.25, -0.2) is 9.18 Å². The van der Waals surface area contributed by atoms with Gasteiger partial charge < -0.3 is 19.9 Å². The molecule has 0 heterocycles. The van der Waals surface area contributed by atoms with E-state index in [1.165, 1.54) is 32.4 Å². The minimum Gasteiger partial charge on any atom is -0.493 e. The van der Waals surface area contributed by atoms with Crippen LogP contribution in [0.3, 0.4) is 0 Å². The van der Waals surface area contributed by atoms with Gasteiger partial charge in [-0.05, 0) is 29.7 Å². The smallest absolute Gasteiger partial charge is 0.335 e. The van der Waals surface area contributed by atoms with Gasteiger partial charge in [-0.15, -0.1) is 0 Å². The number of carbonyl (C=O) groups excluding carboxylic acids is 1. The van der Waals surface area contributed by atoms with Crippen LogP contribution in [0.2, 0.25) is 0 Å². The third-order valence-electron chi connectivity index (χ3n) is 3.93. The first-order valence-corrected chi connectivity index (χ1v) is 7.91. The number of carboxylic acid groups (broad SMARTS) is 1. The number of hydrogen-bond acceptors (Lipinski definition) is 4. The molecule has 0 aliphatic carbocycles. The standard InChI is InChI=1S/C19H20FNO5/c1-11(13-6-4-5-7-14(13)20)8-17(22)21-15-9-12(19(23)24)10-16(25-2)18(15)26-3/h4-7,9-11H,8H2,1-3H3,(H,21,22)(H,23,24). The van der Waals surface area contributed by atoms with Crippen molar-refractivity contribution in [3.05, 3.63) is 53.3 Å². The number of nitrogens with one attached hydrogen (secondary N) is 1. The lowest BCUT2D eigenvalue weighted by molar-refractivity contribution is -0.116. The first-order chi connectivity index (χ1) is 12.4. The molecule has 0 saturated heterocycles. The molecule has 1 atom stereocenters. The number of hydrogen-bond donors (Lipinski definition) is 2. The molecule has 138 valence electrons. The quantitative estimate of drug-likeness (QED) is 0.786. The van der Waals surface area contributed by atoms with Crippen LogP contribution in [0.25, 0.3) is 0 Å². The van der Waals surface area contributed by atoms with Crippen LogP contribution >= 0.6 is 0 Å². The maximum atomic E-state index is 13.8. The predicted octanol–water partition coefficient (Wildman–Crippen LogP) is 3.67. The second-order valence-corrected chi connectivity index (χ2v) is 5.74. The Balaban J connectivity index is 2.24. The summed E-state index contributed by atoms with van der Waals surface area (Å²) in [4.78, 5) is 23.6. The summed E-state index contributed by atoms with van der Waals surface area (Å²) in [5, 5.41) is 11.8. The molecule has 0 saturated carbocycles. The molecule has 0 aliphatic rings. The maximum absolute atomic E-state index is 13.8. The van der Waals surface area contributed by atoms with Crippen LogP contribution in [-0.4, -0.2) is 31.2 Å². The molecule has 1 amide bonds. The van der Waals surface area contributed by atoms with Crippen molar-refractivity contribution in [1.29, 1.82) is 0 Å². The lowest BCUT2D eigenvalue weighted by Crippen LogP contribution is -2.16. The Morgan fingerprint density at radius 3 is 2.46 bits per heavy atom. The van der Waals surface area contributed by atoms with Gasteiger partial charge in [0.05, 0.1) is 25.5 Å². The first kappa shape index (κ1) is 19.2. The van der Waals surface area contributed by atoms with Gasteiger partial charge in [0.1, 0.15) is 5.82 Å². The molecule has 1 unspecified atom stereocenters. The highest BCUT2D eigenvalue weighted by Gasteiger charge is 2.19. The molecular weight excluding hydrogens is 341 g/mol. The van der Waals surface area contributed by atoms with E-state index in [2.05, 4.69) is 5.32 Å². The Kier molecular flexibility index (Phi) is 6.16. The first-order valence-electron chi connectivity index (χ1n) is 7.91. The molecule has 6 nitrogen and oxygen atoms in total. The predicted molar refractivity (Wildman–Crippen MR) is 94.6 cm³/mol. The van der Waals surface area contributed by atoms with Gasteiger partial charge in [0.2, 0.25) is 5.91 Å². The Labute approximate surface area is 150 Å². The van der Waals surface area contributed by atoms with Gasteiger partial charge >= 0.3 is 5.97 Å². The van der Waals surface area contributed by atoms with Gasteiger partial charge in [-0.2, -0.15) is 0 Å². The molecule has 0 fully saturated rings. The van der Waals surface area contributed by atoms with Crippen LogP contribution in [0.4, 0.5) is 10.1 Å². The second-order valence-electron chi connectivity index (χ2n) is 5.74. The molecule has 0 aromatic heterocycles. The van der Waals surface area contributed by atoms with Crippen LogP contribution in [0, 0.1) is 5.82 Å². The minimum absolute atomic E-state index is 0.0176. The molecule has 0 radical (unpaired) electrons. The fourth-order valence-corrected chi connectivity index (χ4v) is 2.64. The molecular formula is C19H20FNO5. The molecule has 7 heteroatoms. The summed E-state index contributed by atoms with van der Waals surface area (Å²) >= 11 is 0. The molecule has 0 bridgehead atoms. The highest BCUT2D eigenvalue weighted by atomic mass is 19.1. The number of ether oxygens (including phenoxy) is 2. The monoisotopic (exact) mass is 361 g/mol. The number of rotatable bonds is 7. The van der Waals surface area contributed by atoms with Crippen LogP contribution in [0.1, 0.15) is 35.2 Å². The van der Waals surface area contributed by atoms with Gasteiger partial charge in [-0.3, -0.25) is 4.79 Å². The lowest BCUT2D eigenvalue weighted by Gasteiger charge is -2.16. The largest absolute Gasteiger partial charge is 0.493 e. The van der Waals surface area contributed by atoms with E-state index < -0.39 is 11.9 Å². The third kappa shape index (κ3) is 4.30. The van der Waals surface area contributed by atoms with Gasteiger partial charge in [0.25, 0.3) is 0 Å². The highest BCUT2D eigenvalue weighted by molar-refractivity contribution is 5.97. The summed E-state index contributed by atoms with van der Waals surface area (Å²) in [6.07, 6.45) is 0.0176. The number of benzene rings is 2. The van der Waals surface area contributed by atoms with Gasteiger partial charge in [0.15, 0.2) is 11.5 Å². The van der Waals surface area contributed by atoms with E-state index in [9.17, 15) is 19.1 Å². The van der Waals surface area contributed by atoms with Crippen molar-refractivity contribution in [2.45, 2.75) is 19.3 Å². The molecule has 0 spiro atoms. The number of halogens is 1. The number of amides is 1. The maximum Gasteiger partial charge on any atom is 0.335 e. The Morgan fingerprint density at radius 2 is 1.88 bits per heavy atom. The number of carbonyl (C=O) groups is 2. The van der Waals surface area contributed by atoms with Crippen LogP contribution in [0.5, 0.6) is 11.5 Å². The van der Waals surface area contributed by atoms with E-state index >= 15 is 0 Å². The molecule has 2 rings (SSSR count). The summed E-state index contributed by atoms with van der Waals surface area (Å²) in [7, 11) is 2.76. The molecule has 2 aromatic carbocycles. The Morgan fingerprint density at radius 1 is 1.19 bits per heavy atom. The lowest BCUT2D eigenvalue weighted by atomic mass is 9.97. The summed E-state index contributed by atoms with van der Waals surface area (Å²) in [6.45, 7) is 1.74. The van der Waals surface area contributed by atoms with E-state index in [4.69, 9.17) is 9.47 Å². The average Bonchev–Trinajstić information content (AvgIpc) is 2.60. The molecule has 0 aliphatic heterocycles. The number of aromatic carboxylic acids is 1. The second kappa shape index (κ2) is 8.33. The van der Waals surface area contributed by atoms with Crippen molar-refractivity contribution in [3.63, 3.8) is 0 Å². The Bertz CT molecular complexity index is 822. The molecule has 2 N–H and O–H groups in total. The number of methoxy groups -OCH3 is 2. The Hall–Kier alpha value is -3.09. The van der Waals surface area contributed by atoms with Crippen LogP contribution < -0.4 is 14.8 Å². The van der Waals surface area contributed by atoms with Gasteiger partial charge in [-0.1, -0.05) is 25.1 Å². The summed E-state index contributed by atoms with van der Waals surface area (Å²) in [5.74, 6) is -1.90. The van der Waals surface area contributed by atoms with Crippen molar-refractivity contribution < 1.29 is 28.6 Å². The fraction of sp³-hybridized carbons (Fsp3) is 0.263. The van der Waals surface area contributed by atoms with Gasteiger partial charge in [0, 0.05) is 6.42 Å². The summed E-state index contributed by atoms with van der Waals surface area (Å²) < 4.78 is 24.2. The van der Waals surface area contributed by atoms with E-state index in [1.807, 2.05) is 0 Å². The topological polar surface area (TPSA) is 84.9 Å². The third-order valence-corrected chi connectivity index (χ3v) is 3.93. The van der Waals surface area contributed by atoms with Crippen molar-refractivity contribution in [1.82, 2.24) is 0 Å².